The van der Waals surface area contributed by atoms with E-state index in [1.165, 1.54) is 12.1 Å². The molecule has 2 rings (SSSR count). The van der Waals surface area contributed by atoms with Crippen LogP contribution in [0.25, 0.3) is 0 Å². The quantitative estimate of drug-likeness (QED) is 0.814. The lowest BCUT2D eigenvalue weighted by atomic mass is 10.1. The lowest BCUT2D eigenvalue weighted by Gasteiger charge is -2.12. The number of nitrogens with two attached hydrogens (primary N) is 1. The molecular weight excluding hydrogens is 403 g/mol. The van der Waals surface area contributed by atoms with Crippen LogP contribution < -0.4 is 10.5 Å². The lowest BCUT2D eigenvalue weighted by Crippen LogP contribution is -2.01. The maximum Gasteiger partial charge on any atom is 0.148 e. The van der Waals surface area contributed by atoms with E-state index in [9.17, 15) is 4.39 Å². The van der Waals surface area contributed by atoms with E-state index in [0.717, 1.165) is 20.1 Å². The molecule has 0 amide bonds. The van der Waals surface area contributed by atoms with Crippen molar-refractivity contribution in [3.05, 3.63) is 61.8 Å². The van der Waals surface area contributed by atoms with Gasteiger partial charge in [-0.15, -0.1) is 0 Å². The normalized spacial score (nSPS) is 10.2. The van der Waals surface area contributed by atoms with Crippen molar-refractivity contribution < 1.29 is 9.13 Å². The minimum atomic E-state index is -0.532. The number of rotatable bonds is 4. The van der Waals surface area contributed by atoms with E-state index >= 15 is 0 Å². The Morgan fingerprint density at radius 1 is 1.14 bits per heavy atom. The lowest BCUT2D eigenvalue weighted by molar-refractivity contribution is 0.302. The fraction of sp³-hybridized carbons (Fsp3) is 0.133. The summed E-state index contributed by atoms with van der Waals surface area (Å²) in [5.74, 6) is 0.103. The Balaban J connectivity index is 2.19. The van der Waals surface area contributed by atoms with Gasteiger partial charge in [-0.1, -0.05) is 6.07 Å². The van der Waals surface area contributed by atoms with Gasteiger partial charge in [0.1, 0.15) is 24.2 Å². The number of ether oxygens (including phenoxy) is 1. The minimum Gasteiger partial charge on any atom is -0.487 e. The fourth-order valence-electron chi connectivity index (χ4n) is 1.77. The molecule has 0 bridgehead atoms. The van der Waals surface area contributed by atoms with Gasteiger partial charge in [-0.25, -0.2) is 4.39 Å². The Morgan fingerprint density at radius 2 is 1.81 bits per heavy atom. The second-order valence-electron chi connectivity index (χ2n) is 4.31. The molecule has 0 aromatic heterocycles. The summed E-state index contributed by atoms with van der Waals surface area (Å²) in [4.78, 5) is 0. The molecule has 108 valence electrons. The van der Waals surface area contributed by atoms with Gasteiger partial charge in [0.25, 0.3) is 0 Å². The average molecular weight is 414 g/mol. The van der Waals surface area contributed by atoms with E-state index in [1.807, 2.05) is 18.2 Å². The summed E-state index contributed by atoms with van der Waals surface area (Å²) in [7, 11) is 0. The molecule has 0 fully saturated rings. The second-order valence-corrected chi connectivity index (χ2v) is 6.02. The molecule has 0 atom stereocenters. The number of halogens is 3. The largest absolute Gasteiger partial charge is 0.487 e. The van der Waals surface area contributed by atoms with Crippen molar-refractivity contribution in [2.75, 3.05) is 0 Å². The molecule has 2 N–H and O–H groups in total. The first-order valence-electron chi connectivity index (χ1n) is 6.04. The Labute approximate surface area is 138 Å². The van der Waals surface area contributed by atoms with Crippen molar-refractivity contribution in [2.24, 2.45) is 5.73 Å². The van der Waals surface area contributed by atoms with Gasteiger partial charge in [-0.05, 0) is 67.3 Å². The third kappa shape index (κ3) is 3.82. The molecule has 3 nitrogen and oxygen atoms in total. The Hall–Kier alpha value is -1.42. The number of hydrogen-bond acceptors (Lipinski definition) is 3. The molecule has 0 saturated carbocycles. The highest BCUT2D eigenvalue weighted by Crippen LogP contribution is 2.35. The molecule has 2 aromatic carbocycles. The summed E-state index contributed by atoms with van der Waals surface area (Å²) in [6.45, 7) is 0.662. The maximum atomic E-state index is 13.3. The van der Waals surface area contributed by atoms with Gasteiger partial charge in [-0.3, -0.25) is 0 Å². The van der Waals surface area contributed by atoms with Gasteiger partial charge in [0.05, 0.1) is 14.5 Å². The van der Waals surface area contributed by atoms with Crippen LogP contribution in [0.5, 0.6) is 5.75 Å². The Kier molecular flexibility index (Phi) is 5.34. The third-order valence-corrected chi connectivity index (χ3v) is 4.01. The highest BCUT2D eigenvalue weighted by Gasteiger charge is 2.10. The van der Waals surface area contributed by atoms with Gasteiger partial charge in [-0.2, -0.15) is 5.26 Å². The molecule has 0 aliphatic rings. The predicted octanol–water partition coefficient (Wildman–Crippen LogP) is 4.26. The molecule has 0 spiro atoms. The third-order valence-electron chi connectivity index (χ3n) is 2.83. The average Bonchev–Trinajstić information content (AvgIpc) is 2.47. The molecule has 0 radical (unpaired) electrons. The van der Waals surface area contributed by atoms with Crippen LogP contribution in [0.3, 0.4) is 0 Å². The summed E-state index contributed by atoms with van der Waals surface area (Å²) in [6, 6.07) is 9.90. The maximum absolute atomic E-state index is 13.3. The molecule has 6 heteroatoms. The fourth-order valence-corrected chi connectivity index (χ4v) is 3.28. The standard InChI is InChI=1S/C15H11Br2FN2O/c16-12-4-10(6-19)5-13(17)15(12)21-8-9-1-2-14(18)11(3-9)7-20/h1-5H,6,8,19H2. The zero-order valence-corrected chi connectivity index (χ0v) is 14.0. The molecule has 0 unspecified atom stereocenters. The first-order valence-corrected chi connectivity index (χ1v) is 7.63. The van der Waals surface area contributed by atoms with E-state index in [-0.39, 0.29) is 12.2 Å². The van der Waals surface area contributed by atoms with E-state index in [4.69, 9.17) is 15.7 Å². The van der Waals surface area contributed by atoms with Gasteiger partial charge in [0.2, 0.25) is 0 Å². The monoisotopic (exact) mass is 412 g/mol. The van der Waals surface area contributed by atoms with Gasteiger partial charge < -0.3 is 10.5 Å². The number of benzene rings is 2. The molecular formula is C15H11Br2FN2O. The van der Waals surface area contributed by atoms with Crippen LogP contribution >= 0.6 is 31.9 Å². The highest BCUT2D eigenvalue weighted by molar-refractivity contribution is 9.11. The van der Waals surface area contributed by atoms with E-state index in [1.54, 1.807) is 6.07 Å². The summed E-state index contributed by atoms with van der Waals surface area (Å²) in [6.07, 6.45) is 0. The van der Waals surface area contributed by atoms with Crippen molar-refractivity contribution >= 4 is 31.9 Å². The molecule has 0 saturated heterocycles. The van der Waals surface area contributed by atoms with Crippen molar-refractivity contribution in [2.45, 2.75) is 13.2 Å². The second kappa shape index (κ2) is 7.03. The number of hydrogen-bond donors (Lipinski definition) is 1. The van der Waals surface area contributed by atoms with E-state index in [2.05, 4.69) is 31.9 Å². The van der Waals surface area contributed by atoms with Crippen LogP contribution in [0.4, 0.5) is 4.39 Å². The molecule has 0 aliphatic carbocycles. The summed E-state index contributed by atoms with van der Waals surface area (Å²) < 4.78 is 20.5. The Bertz CT molecular complexity index is 690. The first-order chi connectivity index (χ1) is 10.0. The van der Waals surface area contributed by atoms with Crippen LogP contribution in [-0.2, 0) is 13.2 Å². The summed E-state index contributed by atoms with van der Waals surface area (Å²) >= 11 is 6.86. The van der Waals surface area contributed by atoms with E-state index < -0.39 is 5.82 Å². The molecule has 0 heterocycles. The van der Waals surface area contributed by atoms with Crippen LogP contribution in [-0.4, -0.2) is 0 Å². The first kappa shape index (κ1) is 16.0. The topological polar surface area (TPSA) is 59.0 Å². The number of nitrogens with zero attached hydrogens (tertiary/aromatic N) is 1. The van der Waals surface area contributed by atoms with Crippen molar-refractivity contribution in [3.8, 4) is 11.8 Å². The van der Waals surface area contributed by atoms with Crippen molar-refractivity contribution in [1.82, 2.24) is 0 Å². The highest BCUT2D eigenvalue weighted by atomic mass is 79.9. The zero-order valence-electron chi connectivity index (χ0n) is 10.9. The SMILES string of the molecule is N#Cc1cc(COc2c(Br)cc(CN)cc2Br)ccc1F. The van der Waals surface area contributed by atoms with Gasteiger partial charge in [0, 0.05) is 6.54 Å². The number of nitriles is 1. The van der Waals surface area contributed by atoms with Gasteiger partial charge >= 0.3 is 0 Å². The zero-order chi connectivity index (χ0) is 15.4. The smallest absolute Gasteiger partial charge is 0.148 e. The van der Waals surface area contributed by atoms with Crippen LogP contribution in [0.2, 0.25) is 0 Å². The minimum absolute atomic E-state index is 0.00714. The molecule has 0 aliphatic heterocycles. The van der Waals surface area contributed by atoms with Crippen LogP contribution in [0.15, 0.2) is 39.3 Å². The van der Waals surface area contributed by atoms with Crippen molar-refractivity contribution in [3.63, 3.8) is 0 Å². The molecule has 2 aromatic rings. The summed E-state index contributed by atoms with van der Waals surface area (Å²) in [5.41, 5.74) is 7.29. The van der Waals surface area contributed by atoms with Crippen LogP contribution in [0, 0.1) is 17.1 Å². The van der Waals surface area contributed by atoms with Gasteiger partial charge in [0.15, 0.2) is 0 Å². The predicted molar refractivity (Wildman–Crippen MR) is 85.2 cm³/mol. The molecule has 21 heavy (non-hydrogen) atoms. The van der Waals surface area contributed by atoms with Crippen molar-refractivity contribution in [1.29, 1.82) is 5.26 Å². The summed E-state index contributed by atoms with van der Waals surface area (Å²) in [5, 5.41) is 8.82. The Morgan fingerprint density at radius 3 is 2.38 bits per heavy atom. The van der Waals surface area contributed by atoms with Crippen LogP contribution in [0.1, 0.15) is 16.7 Å². The van der Waals surface area contributed by atoms with E-state index in [0.29, 0.717) is 12.3 Å².